The van der Waals surface area contributed by atoms with Gasteiger partial charge in [0.05, 0.1) is 18.0 Å². The fourth-order valence-corrected chi connectivity index (χ4v) is 4.15. The quantitative estimate of drug-likeness (QED) is 0.310. The normalized spacial score (nSPS) is 10.8. The third-order valence-corrected chi connectivity index (χ3v) is 6.18. The first-order valence-electron chi connectivity index (χ1n) is 9.63. The van der Waals surface area contributed by atoms with Crippen molar-refractivity contribution in [2.75, 3.05) is 11.1 Å². The van der Waals surface area contributed by atoms with Gasteiger partial charge in [-0.05, 0) is 35.9 Å². The van der Waals surface area contributed by atoms with Gasteiger partial charge in [0.25, 0.3) is 0 Å². The first kappa shape index (κ1) is 21.5. The Labute approximate surface area is 195 Å². The molecule has 1 heterocycles. The zero-order valence-electron chi connectivity index (χ0n) is 16.5. The Morgan fingerprint density at radius 1 is 0.935 bits per heavy atom. The molecule has 0 radical (unpaired) electrons. The standard InChI is InChI=1S/C24H19Cl2N3OS/c25-19-10-12-20(13-11-19)27-23(30)16-31-24-28-22(17-6-2-1-3-7-17)15-29(24)14-18-8-4-5-9-21(18)26/h1-13,15H,14,16H2,(H,27,30). The minimum Gasteiger partial charge on any atom is -0.325 e. The molecule has 0 fully saturated rings. The van der Waals surface area contributed by atoms with Crippen molar-refractivity contribution >= 4 is 46.6 Å². The number of halogens is 2. The van der Waals surface area contributed by atoms with Crippen molar-refractivity contribution in [3.63, 3.8) is 0 Å². The van der Waals surface area contributed by atoms with E-state index in [0.29, 0.717) is 22.3 Å². The monoisotopic (exact) mass is 467 g/mol. The number of imidazole rings is 1. The van der Waals surface area contributed by atoms with E-state index in [4.69, 9.17) is 28.2 Å². The van der Waals surface area contributed by atoms with E-state index in [1.54, 1.807) is 24.3 Å². The highest BCUT2D eigenvalue weighted by molar-refractivity contribution is 7.99. The second-order valence-electron chi connectivity index (χ2n) is 6.84. The molecular weight excluding hydrogens is 449 g/mol. The molecule has 0 aliphatic carbocycles. The molecule has 4 nitrogen and oxygen atoms in total. The Morgan fingerprint density at radius 2 is 1.65 bits per heavy atom. The molecule has 0 aliphatic heterocycles. The number of nitrogens with one attached hydrogen (secondary N) is 1. The minimum atomic E-state index is -0.110. The highest BCUT2D eigenvalue weighted by Gasteiger charge is 2.14. The summed E-state index contributed by atoms with van der Waals surface area (Å²) >= 11 is 13.7. The summed E-state index contributed by atoms with van der Waals surface area (Å²) in [7, 11) is 0. The second-order valence-corrected chi connectivity index (χ2v) is 8.62. The minimum absolute atomic E-state index is 0.110. The molecule has 0 bridgehead atoms. The fourth-order valence-electron chi connectivity index (χ4n) is 3.05. The Kier molecular flexibility index (Phi) is 6.97. The molecule has 0 unspecified atom stereocenters. The first-order chi connectivity index (χ1) is 15.1. The maximum atomic E-state index is 12.4. The predicted molar refractivity (Wildman–Crippen MR) is 129 cm³/mol. The van der Waals surface area contributed by atoms with Crippen LogP contribution in [0.15, 0.2) is 90.2 Å². The number of benzene rings is 3. The van der Waals surface area contributed by atoms with E-state index in [-0.39, 0.29) is 11.7 Å². The SMILES string of the molecule is O=C(CSc1nc(-c2ccccc2)cn1Cc1ccccc1Cl)Nc1ccc(Cl)cc1. The van der Waals surface area contributed by atoms with Crippen LogP contribution < -0.4 is 5.32 Å². The van der Waals surface area contributed by atoms with Gasteiger partial charge in [0.15, 0.2) is 5.16 Å². The Balaban J connectivity index is 1.53. The van der Waals surface area contributed by atoms with E-state index < -0.39 is 0 Å². The van der Waals surface area contributed by atoms with Crippen molar-refractivity contribution in [1.29, 1.82) is 0 Å². The number of amides is 1. The topological polar surface area (TPSA) is 46.9 Å². The summed E-state index contributed by atoms with van der Waals surface area (Å²) in [6.07, 6.45) is 2.00. The van der Waals surface area contributed by atoms with Gasteiger partial charge in [0, 0.05) is 27.5 Å². The molecule has 0 saturated carbocycles. The van der Waals surface area contributed by atoms with Gasteiger partial charge >= 0.3 is 0 Å². The van der Waals surface area contributed by atoms with E-state index in [1.807, 2.05) is 65.4 Å². The van der Waals surface area contributed by atoms with Gasteiger partial charge in [0.1, 0.15) is 0 Å². The predicted octanol–water partition coefficient (Wildman–Crippen LogP) is 6.64. The maximum Gasteiger partial charge on any atom is 0.234 e. The van der Waals surface area contributed by atoms with Crippen LogP contribution in [0.3, 0.4) is 0 Å². The lowest BCUT2D eigenvalue weighted by molar-refractivity contribution is -0.113. The summed E-state index contributed by atoms with van der Waals surface area (Å²) in [5.74, 6) is 0.122. The molecule has 3 aromatic carbocycles. The molecule has 0 saturated heterocycles. The molecule has 0 aliphatic rings. The maximum absolute atomic E-state index is 12.4. The Morgan fingerprint density at radius 3 is 2.39 bits per heavy atom. The third kappa shape index (κ3) is 5.70. The van der Waals surface area contributed by atoms with Crippen LogP contribution in [0.2, 0.25) is 10.0 Å². The van der Waals surface area contributed by atoms with Crippen LogP contribution >= 0.6 is 35.0 Å². The van der Waals surface area contributed by atoms with Crippen molar-refractivity contribution in [2.45, 2.75) is 11.7 Å². The van der Waals surface area contributed by atoms with Crippen LogP contribution in [0.5, 0.6) is 0 Å². The number of aromatic nitrogens is 2. The van der Waals surface area contributed by atoms with Crippen molar-refractivity contribution in [2.24, 2.45) is 0 Å². The van der Waals surface area contributed by atoms with E-state index in [2.05, 4.69) is 5.32 Å². The summed E-state index contributed by atoms with van der Waals surface area (Å²) in [5.41, 5.74) is 3.58. The number of thioether (sulfide) groups is 1. The van der Waals surface area contributed by atoms with Crippen LogP contribution in [-0.4, -0.2) is 21.2 Å². The van der Waals surface area contributed by atoms with Crippen molar-refractivity contribution in [3.8, 4) is 11.3 Å². The summed E-state index contributed by atoms with van der Waals surface area (Å²) in [6.45, 7) is 0.570. The molecule has 0 spiro atoms. The van der Waals surface area contributed by atoms with Gasteiger partial charge in [0.2, 0.25) is 5.91 Å². The number of rotatable bonds is 7. The third-order valence-electron chi connectivity index (χ3n) is 4.57. The van der Waals surface area contributed by atoms with Gasteiger partial charge in [-0.1, -0.05) is 83.5 Å². The molecule has 156 valence electrons. The van der Waals surface area contributed by atoms with E-state index in [9.17, 15) is 4.79 Å². The first-order valence-corrected chi connectivity index (χ1v) is 11.4. The number of carbonyl (C=O) groups excluding carboxylic acids is 1. The Hall–Kier alpha value is -2.73. The summed E-state index contributed by atoms with van der Waals surface area (Å²) in [4.78, 5) is 17.2. The summed E-state index contributed by atoms with van der Waals surface area (Å²) in [5, 5.41) is 4.96. The lowest BCUT2D eigenvalue weighted by Gasteiger charge is -2.09. The second kappa shape index (κ2) is 10.1. The van der Waals surface area contributed by atoms with Gasteiger partial charge < -0.3 is 9.88 Å². The zero-order valence-corrected chi connectivity index (χ0v) is 18.8. The molecule has 1 amide bonds. The smallest absolute Gasteiger partial charge is 0.234 e. The number of anilines is 1. The number of hydrogen-bond donors (Lipinski definition) is 1. The number of nitrogens with zero attached hydrogens (tertiary/aromatic N) is 2. The van der Waals surface area contributed by atoms with Crippen molar-refractivity contribution < 1.29 is 4.79 Å². The van der Waals surface area contributed by atoms with Crippen molar-refractivity contribution in [3.05, 3.63) is 101 Å². The molecule has 7 heteroatoms. The lowest BCUT2D eigenvalue weighted by Crippen LogP contribution is -2.14. The van der Waals surface area contributed by atoms with Gasteiger partial charge in [-0.2, -0.15) is 0 Å². The van der Waals surface area contributed by atoms with Crippen molar-refractivity contribution in [1.82, 2.24) is 9.55 Å². The molecule has 4 rings (SSSR count). The highest BCUT2D eigenvalue weighted by atomic mass is 35.5. The van der Waals surface area contributed by atoms with Crippen LogP contribution in [0, 0.1) is 0 Å². The summed E-state index contributed by atoms with van der Waals surface area (Å²) in [6, 6.07) is 24.7. The molecule has 31 heavy (non-hydrogen) atoms. The highest BCUT2D eigenvalue weighted by Crippen LogP contribution is 2.27. The number of carbonyl (C=O) groups is 1. The van der Waals surface area contributed by atoms with Crippen LogP contribution in [0.25, 0.3) is 11.3 Å². The summed E-state index contributed by atoms with van der Waals surface area (Å²) < 4.78 is 2.03. The molecule has 1 aromatic heterocycles. The fraction of sp³-hybridized carbons (Fsp3) is 0.0833. The average Bonchev–Trinajstić information content (AvgIpc) is 3.19. The van der Waals surface area contributed by atoms with Gasteiger partial charge in [-0.15, -0.1) is 0 Å². The number of hydrogen-bond acceptors (Lipinski definition) is 3. The molecule has 4 aromatic rings. The van der Waals surface area contributed by atoms with Crippen LogP contribution in [0.1, 0.15) is 5.56 Å². The van der Waals surface area contributed by atoms with Gasteiger partial charge in [-0.25, -0.2) is 4.98 Å². The van der Waals surface area contributed by atoms with Gasteiger partial charge in [-0.3, -0.25) is 4.79 Å². The average molecular weight is 468 g/mol. The molecule has 0 atom stereocenters. The van der Waals surface area contributed by atoms with Crippen LogP contribution in [-0.2, 0) is 11.3 Å². The molecular formula is C24H19Cl2N3OS. The van der Waals surface area contributed by atoms with Crippen LogP contribution in [0.4, 0.5) is 5.69 Å². The Bertz CT molecular complexity index is 1180. The zero-order chi connectivity index (χ0) is 21.6. The largest absolute Gasteiger partial charge is 0.325 e. The van der Waals surface area contributed by atoms with E-state index >= 15 is 0 Å². The van der Waals surface area contributed by atoms with E-state index in [0.717, 1.165) is 22.0 Å². The van der Waals surface area contributed by atoms with E-state index in [1.165, 1.54) is 11.8 Å². The lowest BCUT2D eigenvalue weighted by atomic mass is 10.2. The molecule has 1 N–H and O–H groups in total.